The quantitative estimate of drug-likeness (QED) is 0.380. The van der Waals surface area contributed by atoms with Crippen molar-refractivity contribution in [1.29, 1.82) is 0 Å². The van der Waals surface area contributed by atoms with Crippen molar-refractivity contribution in [2.45, 2.75) is 39.8 Å². The Morgan fingerprint density at radius 3 is 2.47 bits per heavy atom. The van der Waals surface area contributed by atoms with Crippen LogP contribution in [0, 0.1) is 33.5 Å². The van der Waals surface area contributed by atoms with Crippen molar-refractivity contribution in [1.82, 2.24) is 19.9 Å². The first-order valence-electron chi connectivity index (χ1n) is 11.2. The van der Waals surface area contributed by atoms with E-state index in [0.717, 1.165) is 39.7 Å². The van der Waals surface area contributed by atoms with Crippen LogP contribution >= 0.6 is 12.2 Å². The Kier molecular flexibility index (Phi) is 5.65. The van der Waals surface area contributed by atoms with Crippen molar-refractivity contribution in [3.8, 4) is 5.82 Å². The van der Waals surface area contributed by atoms with Crippen molar-refractivity contribution < 1.29 is 4.39 Å². The molecule has 7 heteroatoms. The molecule has 4 heterocycles. The third-order valence-electron chi connectivity index (χ3n) is 6.44. The van der Waals surface area contributed by atoms with Crippen molar-refractivity contribution in [2.24, 2.45) is 0 Å². The molecular formula is C27H26FN5S. The summed E-state index contributed by atoms with van der Waals surface area (Å²) >= 11 is 5.82. The minimum absolute atomic E-state index is 0.168. The van der Waals surface area contributed by atoms with Crippen LogP contribution in [0.2, 0.25) is 0 Å². The van der Waals surface area contributed by atoms with E-state index in [0.29, 0.717) is 10.7 Å². The summed E-state index contributed by atoms with van der Waals surface area (Å²) in [6, 6.07) is 17.0. The number of benzene rings is 1. The molecule has 2 atom stereocenters. The number of nitrogens with one attached hydrogen (secondary N) is 1. The number of aryl methyl sites for hydroxylation is 3. The lowest BCUT2D eigenvalue weighted by Gasteiger charge is -2.28. The fourth-order valence-corrected chi connectivity index (χ4v) is 5.16. The molecule has 5 nitrogen and oxygen atoms in total. The molecule has 1 N–H and O–H groups in total. The molecule has 0 unspecified atom stereocenters. The van der Waals surface area contributed by atoms with E-state index >= 15 is 0 Å². The zero-order chi connectivity index (χ0) is 24.0. The fourth-order valence-electron chi connectivity index (χ4n) is 4.81. The van der Waals surface area contributed by atoms with Gasteiger partial charge in [0.1, 0.15) is 11.6 Å². The van der Waals surface area contributed by atoms with E-state index in [-0.39, 0.29) is 17.9 Å². The van der Waals surface area contributed by atoms with Gasteiger partial charge in [-0.15, -0.1) is 0 Å². The lowest BCUT2D eigenvalue weighted by Crippen LogP contribution is -2.29. The second-order valence-corrected chi connectivity index (χ2v) is 9.17. The van der Waals surface area contributed by atoms with E-state index in [1.54, 1.807) is 19.2 Å². The van der Waals surface area contributed by atoms with Crippen molar-refractivity contribution >= 4 is 23.0 Å². The van der Waals surface area contributed by atoms with E-state index in [9.17, 15) is 4.39 Å². The smallest absolute Gasteiger partial charge is 0.174 e. The Morgan fingerprint density at radius 2 is 1.76 bits per heavy atom. The predicted octanol–water partition coefficient (Wildman–Crippen LogP) is 5.82. The largest absolute Gasteiger partial charge is 0.351 e. The van der Waals surface area contributed by atoms with Crippen molar-refractivity contribution in [3.63, 3.8) is 0 Å². The maximum Gasteiger partial charge on any atom is 0.174 e. The summed E-state index contributed by atoms with van der Waals surface area (Å²) in [5, 5.41) is 4.07. The molecule has 5 rings (SSSR count). The molecule has 0 amide bonds. The number of hydrogen-bond acceptors (Lipinski definition) is 3. The van der Waals surface area contributed by atoms with Crippen LogP contribution in [0.3, 0.4) is 0 Å². The molecule has 34 heavy (non-hydrogen) atoms. The third-order valence-corrected chi connectivity index (χ3v) is 6.75. The number of aromatic nitrogens is 3. The van der Waals surface area contributed by atoms with Crippen LogP contribution in [-0.4, -0.2) is 19.6 Å². The Morgan fingerprint density at radius 1 is 0.941 bits per heavy atom. The number of halogens is 1. The summed E-state index contributed by atoms with van der Waals surface area (Å²) in [6.45, 7) is 8.03. The number of thiocarbonyl (C=S) groups is 1. The molecule has 4 aromatic rings. The molecule has 1 saturated heterocycles. The van der Waals surface area contributed by atoms with Crippen LogP contribution < -0.4 is 10.2 Å². The van der Waals surface area contributed by atoms with Gasteiger partial charge in [-0.1, -0.05) is 6.07 Å². The lowest BCUT2D eigenvalue weighted by molar-refractivity contribution is 0.564. The first-order chi connectivity index (χ1) is 16.3. The third kappa shape index (κ3) is 3.76. The monoisotopic (exact) mass is 471 g/mol. The summed E-state index contributed by atoms with van der Waals surface area (Å²) in [5.41, 5.74) is 6.75. The normalized spacial score (nSPS) is 17.8. The molecule has 0 radical (unpaired) electrons. The van der Waals surface area contributed by atoms with E-state index in [2.05, 4.69) is 57.7 Å². The second kappa shape index (κ2) is 8.65. The highest BCUT2D eigenvalue weighted by Gasteiger charge is 2.42. The summed E-state index contributed by atoms with van der Waals surface area (Å²) in [4.78, 5) is 11.3. The fraction of sp³-hybridized carbons (Fsp3) is 0.222. The van der Waals surface area contributed by atoms with Gasteiger partial charge in [0.05, 0.1) is 17.8 Å². The molecule has 3 aromatic heterocycles. The number of anilines is 1. The maximum absolute atomic E-state index is 14.1. The Bertz CT molecular complexity index is 1380. The molecule has 0 bridgehead atoms. The zero-order valence-corrected chi connectivity index (χ0v) is 20.4. The Labute approximate surface area is 204 Å². The van der Waals surface area contributed by atoms with Crippen LogP contribution in [0.15, 0.2) is 67.0 Å². The van der Waals surface area contributed by atoms with E-state index < -0.39 is 0 Å². The average Bonchev–Trinajstić information content (AvgIpc) is 3.31. The first kappa shape index (κ1) is 22.2. The predicted molar refractivity (Wildman–Crippen MR) is 137 cm³/mol. The minimum atomic E-state index is -0.233. The molecule has 172 valence electrons. The Balaban J connectivity index is 1.69. The Hall–Kier alpha value is -3.58. The molecule has 1 fully saturated rings. The highest BCUT2D eigenvalue weighted by Crippen LogP contribution is 2.43. The van der Waals surface area contributed by atoms with Gasteiger partial charge in [0.15, 0.2) is 5.11 Å². The van der Waals surface area contributed by atoms with E-state index in [1.807, 2.05) is 36.5 Å². The lowest BCUT2D eigenvalue weighted by atomic mass is 9.96. The van der Waals surface area contributed by atoms with Gasteiger partial charge in [-0.2, -0.15) is 0 Å². The number of hydrogen-bond donors (Lipinski definition) is 1. The summed E-state index contributed by atoms with van der Waals surface area (Å²) in [6.07, 6.45) is 3.63. The summed E-state index contributed by atoms with van der Waals surface area (Å²) in [5.74, 6) is 0.650. The van der Waals surface area contributed by atoms with Gasteiger partial charge in [0.2, 0.25) is 0 Å². The van der Waals surface area contributed by atoms with Gasteiger partial charge in [0.25, 0.3) is 0 Å². The highest BCUT2D eigenvalue weighted by atomic mass is 32.1. The molecule has 1 aliphatic heterocycles. The van der Waals surface area contributed by atoms with Gasteiger partial charge in [-0.3, -0.25) is 4.98 Å². The van der Waals surface area contributed by atoms with Gasteiger partial charge >= 0.3 is 0 Å². The molecule has 0 saturated carbocycles. The molecule has 0 aliphatic carbocycles. The molecule has 1 aromatic carbocycles. The second-order valence-electron chi connectivity index (χ2n) is 8.78. The van der Waals surface area contributed by atoms with E-state index in [4.69, 9.17) is 12.2 Å². The molecule has 1 aliphatic rings. The minimum Gasteiger partial charge on any atom is -0.351 e. The number of nitrogens with zero attached hydrogens (tertiary/aromatic N) is 4. The first-order valence-corrected chi connectivity index (χ1v) is 11.6. The van der Waals surface area contributed by atoms with Crippen LogP contribution in [0.5, 0.6) is 0 Å². The van der Waals surface area contributed by atoms with Crippen LogP contribution in [0.1, 0.15) is 45.9 Å². The standard InChI is InChI=1S/C27H26FN5S/c1-16-10-12-30-24(13-16)32-18(3)15-21(19(32)4)26-25(23-7-5-6-11-29-23)31-27(34)33(26)20-8-9-22(28)17(2)14-20/h5-15,25-26H,1-4H3,(H,31,34)/t25-,26-/m1/s1. The molecule has 0 spiro atoms. The highest BCUT2D eigenvalue weighted by molar-refractivity contribution is 7.80. The average molecular weight is 472 g/mol. The van der Waals surface area contributed by atoms with Crippen molar-refractivity contribution in [2.75, 3.05) is 4.90 Å². The molecular weight excluding hydrogens is 445 g/mol. The van der Waals surface area contributed by atoms with Crippen LogP contribution in [0.4, 0.5) is 10.1 Å². The number of pyridine rings is 2. The van der Waals surface area contributed by atoms with Gasteiger partial charge in [0, 0.05) is 29.5 Å². The maximum atomic E-state index is 14.1. The van der Waals surface area contributed by atoms with Gasteiger partial charge in [-0.25, -0.2) is 9.37 Å². The van der Waals surface area contributed by atoms with Crippen LogP contribution in [0.25, 0.3) is 5.82 Å². The number of rotatable bonds is 4. The van der Waals surface area contributed by atoms with Gasteiger partial charge < -0.3 is 14.8 Å². The van der Waals surface area contributed by atoms with Crippen LogP contribution in [-0.2, 0) is 0 Å². The zero-order valence-electron chi connectivity index (χ0n) is 19.6. The summed E-state index contributed by atoms with van der Waals surface area (Å²) in [7, 11) is 0. The van der Waals surface area contributed by atoms with E-state index in [1.165, 1.54) is 6.07 Å². The van der Waals surface area contributed by atoms with Crippen molar-refractivity contribution in [3.05, 3.63) is 107 Å². The SMILES string of the molecule is Cc1ccnc(-n2c(C)cc([C@@H]3[C@@H](c4ccccn4)NC(=S)N3c3ccc(F)c(C)c3)c2C)c1. The van der Waals surface area contributed by atoms with Gasteiger partial charge in [-0.05, 0) is 105 Å². The summed E-state index contributed by atoms with van der Waals surface area (Å²) < 4.78 is 16.3. The topological polar surface area (TPSA) is 46.0 Å².